The maximum Gasteiger partial charge on any atom is 0.433 e. The van der Waals surface area contributed by atoms with Crippen molar-refractivity contribution in [2.24, 2.45) is 10.7 Å². The van der Waals surface area contributed by atoms with Gasteiger partial charge in [-0.1, -0.05) is 12.1 Å². The Balaban J connectivity index is 1.91. The van der Waals surface area contributed by atoms with E-state index in [1.165, 1.54) is 12.1 Å². The summed E-state index contributed by atoms with van der Waals surface area (Å²) in [7, 11) is 0. The zero-order valence-electron chi connectivity index (χ0n) is 11.1. The number of fused-ring (bicyclic) bond motifs is 3. The van der Waals surface area contributed by atoms with Gasteiger partial charge in [0.15, 0.2) is 17.9 Å². The van der Waals surface area contributed by atoms with Gasteiger partial charge in [0, 0.05) is 0 Å². The lowest BCUT2D eigenvalue weighted by molar-refractivity contribution is -0.402. The Bertz CT molecular complexity index is 925. The predicted octanol–water partition coefficient (Wildman–Crippen LogP) is 1.82. The molecule has 4 rings (SSSR count). The number of nitrogens with zero attached hydrogens (tertiary/aromatic N) is 4. The quantitative estimate of drug-likeness (QED) is 0.549. The first-order valence-corrected chi connectivity index (χ1v) is 6.45. The molecule has 2 aromatic heterocycles. The molecule has 1 atom stereocenters. The molecule has 0 unspecified atom stereocenters. The zero-order chi connectivity index (χ0) is 15.3. The van der Waals surface area contributed by atoms with Gasteiger partial charge in [0.05, 0.1) is 17.1 Å². The van der Waals surface area contributed by atoms with Crippen LogP contribution in [0.25, 0.3) is 11.0 Å². The summed E-state index contributed by atoms with van der Waals surface area (Å²) in [6, 6.07) is 10.3. The van der Waals surface area contributed by atoms with Crippen LogP contribution in [-0.4, -0.2) is 20.4 Å². The van der Waals surface area contributed by atoms with Crippen LogP contribution in [0.5, 0.6) is 0 Å². The van der Waals surface area contributed by atoms with E-state index in [0.29, 0.717) is 11.7 Å². The number of nitrogens with one attached hydrogen (secondary N) is 1. The fourth-order valence-electron chi connectivity index (χ4n) is 2.49. The van der Waals surface area contributed by atoms with Crippen molar-refractivity contribution >= 4 is 28.8 Å². The molecule has 3 heterocycles. The van der Waals surface area contributed by atoms with E-state index >= 15 is 0 Å². The number of guanidine groups is 1. The number of imidazole rings is 1. The molecule has 9 nitrogen and oxygen atoms in total. The van der Waals surface area contributed by atoms with Crippen LogP contribution in [0.3, 0.4) is 0 Å². The van der Waals surface area contributed by atoms with Gasteiger partial charge in [-0.25, -0.2) is 9.98 Å². The van der Waals surface area contributed by atoms with Gasteiger partial charge in [0.25, 0.3) is 0 Å². The number of rotatable bonds is 2. The van der Waals surface area contributed by atoms with Crippen LogP contribution < -0.4 is 11.1 Å². The number of hydrogen-bond donors (Lipinski definition) is 2. The van der Waals surface area contributed by atoms with Gasteiger partial charge in [-0.05, 0) is 18.2 Å². The molecule has 0 aliphatic carbocycles. The highest BCUT2D eigenvalue weighted by atomic mass is 16.6. The molecule has 1 aromatic carbocycles. The Morgan fingerprint density at radius 1 is 1.32 bits per heavy atom. The minimum Gasteiger partial charge on any atom is -0.401 e. The van der Waals surface area contributed by atoms with Crippen molar-refractivity contribution in [2.75, 3.05) is 5.32 Å². The lowest BCUT2D eigenvalue weighted by Crippen LogP contribution is -2.31. The molecule has 3 N–H and O–H groups in total. The normalized spacial score (nSPS) is 16.9. The number of aliphatic imine (C=N–C) groups is 1. The average Bonchev–Trinajstić information content (AvgIpc) is 3.10. The smallest absolute Gasteiger partial charge is 0.401 e. The highest BCUT2D eigenvalue weighted by molar-refractivity contribution is 5.94. The topological polar surface area (TPSA) is 125 Å². The number of para-hydroxylation sites is 2. The lowest BCUT2D eigenvalue weighted by Gasteiger charge is -2.21. The fourth-order valence-corrected chi connectivity index (χ4v) is 2.49. The van der Waals surface area contributed by atoms with Crippen molar-refractivity contribution < 1.29 is 9.34 Å². The van der Waals surface area contributed by atoms with Crippen molar-refractivity contribution in [3.8, 4) is 0 Å². The Kier molecular flexibility index (Phi) is 2.43. The predicted molar refractivity (Wildman–Crippen MR) is 78.5 cm³/mol. The minimum absolute atomic E-state index is 0.173. The van der Waals surface area contributed by atoms with Crippen molar-refractivity contribution in [1.82, 2.24) is 9.55 Å². The summed E-state index contributed by atoms with van der Waals surface area (Å²) in [5, 5.41) is 13.7. The third kappa shape index (κ3) is 1.72. The van der Waals surface area contributed by atoms with E-state index in [9.17, 15) is 10.1 Å². The summed E-state index contributed by atoms with van der Waals surface area (Å²) in [6.07, 6.45) is -0.641. The van der Waals surface area contributed by atoms with Gasteiger partial charge in [0.2, 0.25) is 5.95 Å². The van der Waals surface area contributed by atoms with Crippen molar-refractivity contribution in [2.45, 2.75) is 6.17 Å². The number of anilines is 1. The van der Waals surface area contributed by atoms with E-state index in [1.807, 2.05) is 24.3 Å². The third-order valence-corrected chi connectivity index (χ3v) is 3.39. The van der Waals surface area contributed by atoms with Crippen LogP contribution in [0.4, 0.5) is 11.8 Å². The monoisotopic (exact) mass is 298 g/mol. The Morgan fingerprint density at radius 3 is 2.91 bits per heavy atom. The maximum absolute atomic E-state index is 10.8. The number of nitro groups is 1. The number of furan rings is 1. The first-order valence-electron chi connectivity index (χ1n) is 6.45. The second-order valence-corrected chi connectivity index (χ2v) is 4.74. The molecule has 22 heavy (non-hydrogen) atoms. The largest absolute Gasteiger partial charge is 0.433 e. The van der Waals surface area contributed by atoms with Crippen LogP contribution in [0.15, 0.2) is 45.8 Å². The van der Waals surface area contributed by atoms with E-state index in [4.69, 9.17) is 10.2 Å². The van der Waals surface area contributed by atoms with Gasteiger partial charge in [-0.15, -0.1) is 0 Å². The molecule has 0 radical (unpaired) electrons. The van der Waals surface area contributed by atoms with Crippen LogP contribution in [0, 0.1) is 10.1 Å². The standard InChI is InChI=1S/C13H10N6O3/c14-12-16-11(9-5-6-10(22-9)19(20)21)18-8-4-2-1-3-7(8)15-13(18)17-12/h1-6,11H,(H3,14,15,16,17)/t11-/m1/s1. The van der Waals surface area contributed by atoms with Crippen molar-refractivity contribution in [3.63, 3.8) is 0 Å². The van der Waals surface area contributed by atoms with Gasteiger partial charge in [-0.2, -0.15) is 0 Å². The molecular formula is C13H10N6O3. The molecule has 0 saturated carbocycles. The maximum atomic E-state index is 10.8. The molecule has 0 saturated heterocycles. The zero-order valence-corrected chi connectivity index (χ0v) is 11.1. The third-order valence-electron chi connectivity index (χ3n) is 3.39. The highest BCUT2D eigenvalue weighted by Gasteiger charge is 2.28. The second kappa shape index (κ2) is 4.32. The first-order chi connectivity index (χ1) is 10.6. The lowest BCUT2D eigenvalue weighted by atomic mass is 10.3. The number of benzene rings is 1. The highest BCUT2D eigenvalue weighted by Crippen LogP contribution is 2.34. The van der Waals surface area contributed by atoms with Crippen LogP contribution >= 0.6 is 0 Å². The first kappa shape index (κ1) is 12.4. The SMILES string of the molecule is NC1=N[C@@H](c2ccc([N+](=O)[O-])o2)n2c(nc3ccccc32)N1. The molecule has 0 bridgehead atoms. The summed E-state index contributed by atoms with van der Waals surface area (Å²) < 4.78 is 7.06. The Labute approximate surface area is 123 Å². The molecule has 0 spiro atoms. The molecule has 3 aromatic rings. The summed E-state index contributed by atoms with van der Waals surface area (Å²) in [4.78, 5) is 18.9. The van der Waals surface area contributed by atoms with Crippen LogP contribution in [0.2, 0.25) is 0 Å². The average molecular weight is 298 g/mol. The Hall–Kier alpha value is -3.36. The molecule has 1 aliphatic rings. The summed E-state index contributed by atoms with van der Waals surface area (Å²) >= 11 is 0. The molecule has 0 amide bonds. The van der Waals surface area contributed by atoms with E-state index in [0.717, 1.165) is 11.0 Å². The molecule has 110 valence electrons. The van der Waals surface area contributed by atoms with E-state index in [2.05, 4.69) is 15.3 Å². The van der Waals surface area contributed by atoms with Gasteiger partial charge in [-0.3, -0.25) is 20.0 Å². The summed E-state index contributed by atoms with van der Waals surface area (Å²) in [6.45, 7) is 0. The second-order valence-electron chi connectivity index (χ2n) is 4.74. The Morgan fingerprint density at radius 2 is 2.14 bits per heavy atom. The van der Waals surface area contributed by atoms with E-state index in [-0.39, 0.29) is 11.8 Å². The van der Waals surface area contributed by atoms with Gasteiger partial charge in [0.1, 0.15) is 4.92 Å². The molecule has 0 fully saturated rings. The molecular weight excluding hydrogens is 288 g/mol. The minimum atomic E-state index is -0.641. The number of aromatic nitrogens is 2. The molecule has 9 heteroatoms. The summed E-state index contributed by atoms with van der Waals surface area (Å²) in [5.41, 5.74) is 7.36. The fraction of sp³-hybridized carbons (Fsp3) is 0.0769. The van der Waals surface area contributed by atoms with E-state index in [1.54, 1.807) is 4.57 Å². The number of nitrogens with two attached hydrogens (primary N) is 1. The van der Waals surface area contributed by atoms with E-state index < -0.39 is 11.1 Å². The van der Waals surface area contributed by atoms with Gasteiger partial charge >= 0.3 is 5.88 Å². The number of hydrogen-bond acceptors (Lipinski definition) is 7. The van der Waals surface area contributed by atoms with Crippen molar-refractivity contribution in [1.29, 1.82) is 0 Å². The summed E-state index contributed by atoms with van der Waals surface area (Å²) in [5.74, 6) is 0.665. The van der Waals surface area contributed by atoms with Crippen LogP contribution in [-0.2, 0) is 0 Å². The van der Waals surface area contributed by atoms with Crippen LogP contribution in [0.1, 0.15) is 11.9 Å². The molecule has 1 aliphatic heterocycles. The van der Waals surface area contributed by atoms with Gasteiger partial charge < -0.3 is 10.2 Å². The van der Waals surface area contributed by atoms with Crippen molar-refractivity contribution in [3.05, 3.63) is 52.3 Å².